The van der Waals surface area contributed by atoms with Crippen LogP contribution in [0.1, 0.15) is 0 Å². The van der Waals surface area contributed by atoms with Crippen molar-refractivity contribution in [1.29, 1.82) is 0 Å². The predicted molar refractivity (Wildman–Crippen MR) is 253 cm³/mol. The SMILES string of the molecule is c1ccc(-c2cc(-c3ccccc3)nc(-n3c4ccccc4c4ccc(-c5ccc6c(c5)c5ccccc5n6-c5cncc(-c6ccc7oc8cccnc8c7n6)c5)cc43)n2)cc1. The van der Waals surface area contributed by atoms with E-state index in [2.05, 4.69) is 160 Å². The number of nitrogens with zero attached hydrogens (tertiary/aromatic N) is 7. The molecule has 0 aliphatic rings. The molecular weight excluding hydrogens is 775 g/mol. The summed E-state index contributed by atoms with van der Waals surface area (Å²) in [7, 11) is 0. The van der Waals surface area contributed by atoms with Gasteiger partial charge in [-0.2, -0.15) is 0 Å². The smallest absolute Gasteiger partial charge is 0.235 e. The van der Waals surface area contributed by atoms with Gasteiger partial charge in [0.2, 0.25) is 5.95 Å². The van der Waals surface area contributed by atoms with Gasteiger partial charge in [-0.15, -0.1) is 0 Å². The van der Waals surface area contributed by atoms with Gasteiger partial charge < -0.3 is 8.98 Å². The Hall–Kier alpha value is -8.75. The minimum atomic E-state index is 0.623. The Morgan fingerprint density at radius 3 is 1.78 bits per heavy atom. The molecule has 0 saturated carbocycles. The first kappa shape index (κ1) is 35.0. The molecule has 7 aromatic heterocycles. The summed E-state index contributed by atoms with van der Waals surface area (Å²) >= 11 is 0. The van der Waals surface area contributed by atoms with Crippen molar-refractivity contribution in [3.8, 4) is 56.5 Å². The first-order valence-electron chi connectivity index (χ1n) is 20.9. The lowest BCUT2D eigenvalue weighted by Gasteiger charge is -2.12. The third kappa shape index (κ3) is 5.66. The number of hydrogen-bond acceptors (Lipinski definition) is 6. The number of hydrogen-bond donors (Lipinski definition) is 0. The maximum absolute atomic E-state index is 6.01. The maximum Gasteiger partial charge on any atom is 0.235 e. The lowest BCUT2D eigenvalue weighted by Crippen LogP contribution is -2.04. The Balaban J connectivity index is 0.961. The van der Waals surface area contributed by atoms with Crippen molar-refractivity contribution in [3.63, 3.8) is 0 Å². The Morgan fingerprint density at radius 1 is 0.365 bits per heavy atom. The van der Waals surface area contributed by atoms with Crippen LogP contribution in [-0.4, -0.2) is 34.1 Å². The highest BCUT2D eigenvalue weighted by Gasteiger charge is 2.20. The van der Waals surface area contributed by atoms with Gasteiger partial charge in [0.05, 0.1) is 51.0 Å². The summed E-state index contributed by atoms with van der Waals surface area (Å²) in [6.45, 7) is 0. The maximum atomic E-state index is 6.01. The third-order valence-corrected chi connectivity index (χ3v) is 12.1. The Morgan fingerprint density at radius 2 is 1.00 bits per heavy atom. The summed E-state index contributed by atoms with van der Waals surface area (Å²) in [4.78, 5) is 24.8. The van der Waals surface area contributed by atoms with Crippen LogP contribution in [0.3, 0.4) is 0 Å². The minimum Gasteiger partial charge on any atom is -0.453 e. The molecule has 13 aromatic rings. The van der Waals surface area contributed by atoms with Gasteiger partial charge in [-0.05, 0) is 77.9 Å². The van der Waals surface area contributed by atoms with Gasteiger partial charge in [0, 0.05) is 50.6 Å². The van der Waals surface area contributed by atoms with E-state index in [1.165, 1.54) is 0 Å². The van der Waals surface area contributed by atoms with Crippen molar-refractivity contribution in [2.24, 2.45) is 0 Å². The zero-order valence-corrected chi connectivity index (χ0v) is 33.6. The summed E-state index contributed by atoms with van der Waals surface area (Å²) < 4.78 is 10.5. The first-order valence-corrected chi connectivity index (χ1v) is 20.9. The van der Waals surface area contributed by atoms with Crippen molar-refractivity contribution in [2.45, 2.75) is 0 Å². The third-order valence-electron chi connectivity index (χ3n) is 12.1. The minimum absolute atomic E-state index is 0.623. The number of furan rings is 1. The Labute approximate surface area is 360 Å². The summed E-state index contributed by atoms with van der Waals surface area (Å²) in [5.41, 5.74) is 15.8. The number of aromatic nitrogens is 7. The monoisotopic (exact) mass is 807 g/mol. The van der Waals surface area contributed by atoms with E-state index in [1.54, 1.807) is 6.20 Å². The molecule has 0 radical (unpaired) electrons. The summed E-state index contributed by atoms with van der Waals surface area (Å²) in [5.74, 6) is 0.623. The molecule has 0 spiro atoms. The van der Waals surface area contributed by atoms with Crippen molar-refractivity contribution >= 4 is 65.8 Å². The molecule has 294 valence electrons. The first-order chi connectivity index (χ1) is 31.2. The van der Waals surface area contributed by atoms with Gasteiger partial charge in [0.25, 0.3) is 0 Å². The molecule has 13 rings (SSSR count). The fourth-order valence-corrected chi connectivity index (χ4v) is 9.16. The molecule has 8 heteroatoms. The molecule has 8 nitrogen and oxygen atoms in total. The molecule has 6 aromatic carbocycles. The van der Waals surface area contributed by atoms with E-state index in [9.17, 15) is 0 Å². The average Bonchev–Trinajstić information content (AvgIpc) is 4.01. The van der Waals surface area contributed by atoms with Crippen LogP contribution in [0.15, 0.2) is 205 Å². The molecule has 0 fully saturated rings. The molecule has 0 aliphatic carbocycles. The number of pyridine rings is 3. The Bertz CT molecular complexity index is 3870. The van der Waals surface area contributed by atoms with E-state index in [0.29, 0.717) is 11.5 Å². The molecule has 0 aliphatic heterocycles. The van der Waals surface area contributed by atoms with Crippen molar-refractivity contribution in [1.82, 2.24) is 34.1 Å². The molecule has 0 N–H and O–H groups in total. The van der Waals surface area contributed by atoms with Crippen LogP contribution in [0.25, 0.3) is 122 Å². The van der Waals surface area contributed by atoms with Crippen LogP contribution in [-0.2, 0) is 0 Å². The standard InChI is InChI=1S/C55H33N7O/c1-3-12-34(13-4-1)45-31-46(35-14-5-2-6-15-35)60-55(59-45)62-48-19-10-7-16-40(48)42-23-21-37(30-50(42)62)36-22-25-49-43(29-36)41-17-8-9-18-47(41)61(49)39-28-38(32-56-33-39)44-24-26-52-54(58-44)53-51(63-52)20-11-27-57-53/h1-33H. The second-order valence-electron chi connectivity index (χ2n) is 15.8. The number of rotatable bonds is 6. The van der Waals surface area contributed by atoms with Crippen LogP contribution in [0, 0.1) is 0 Å². The summed E-state index contributed by atoms with van der Waals surface area (Å²) in [6.07, 6.45) is 5.55. The normalized spacial score (nSPS) is 11.8. The van der Waals surface area contributed by atoms with Gasteiger partial charge in [-0.3, -0.25) is 14.5 Å². The molecule has 0 bridgehead atoms. The highest BCUT2D eigenvalue weighted by molar-refractivity contribution is 6.12. The van der Waals surface area contributed by atoms with E-state index in [0.717, 1.165) is 111 Å². The van der Waals surface area contributed by atoms with Crippen LogP contribution in [0.2, 0.25) is 0 Å². The van der Waals surface area contributed by atoms with Gasteiger partial charge >= 0.3 is 0 Å². The highest BCUT2D eigenvalue weighted by atomic mass is 16.3. The van der Waals surface area contributed by atoms with Crippen molar-refractivity contribution in [2.75, 3.05) is 0 Å². The van der Waals surface area contributed by atoms with Gasteiger partial charge in [0.15, 0.2) is 11.2 Å². The molecular formula is C55H33N7O. The molecule has 0 saturated heterocycles. The molecule has 7 heterocycles. The van der Waals surface area contributed by atoms with Gasteiger partial charge in [-0.25, -0.2) is 15.0 Å². The zero-order valence-electron chi connectivity index (χ0n) is 33.6. The van der Waals surface area contributed by atoms with E-state index in [1.807, 2.05) is 48.8 Å². The molecule has 0 atom stereocenters. The fourth-order valence-electron chi connectivity index (χ4n) is 9.16. The van der Waals surface area contributed by atoms with Crippen LogP contribution in [0.4, 0.5) is 0 Å². The second-order valence-corrected chi connectivity index (χ2v) is 15.8. The molecule has 0 unspecified atom stereocenters. The summed E-state index contributed by atoms with van der Waals surface area (Å²) in [6, 6.07) is 63.2. The lowest BCUT2D eigenvalue weighted by atomic mass is 10.0. The fraction of sp³-hybridized carbons (Fsp3) is 0. The topological polar surface area (TPSA) is 87.5 Å². The van der Waals surface area contributed by atoms with E-state index in [4.69, 9.17) is 24.4 Å². The quantitative estimate of drug-likeness (QED) is 0.166. The van der Waals surface area contributed by atoms with Crippen molar-refractivity contribution < 1.29 is 4.42 Å². The van der Waals surface area contributed by atoms with Crippen molar-refractivity contribution in [3.05, 3.63) is 201 Å². The molecule has 63 heavy (non-hydrogen) atoms. The number of benzene rings is 6. The lowest BCUT2D eigenvalue weighted by molar-refractivity contribution is 0.667. The summed E-state index contributed by atoms with van der Waals surface area (Å²) in [5, 5.41) is 4.59. The largest absolute Gasteiger partial charge is 0.453 e. The number of fused-ring (bicyclic) bond motifs is 9. The highest BCUT2D eigenvalue weighted by Crippen LogP contribution is 2.39. The van der Waals surface area contributed by atoms with Gasteiger partial charge in [-0.1, -0.05) is 115 Å². The average molecular weight is 808 g/mol. The van der Waals surface area contributed by atoms with E-state index < -0.39 is 0 Å². The second kappa shape index (κ2) is 13.9. The van der Waals surface area contributed by atoms with Crippen LogP contribution in [0.5, 0.6) is 0 Å². The zero-order chi connectivity index (χ0) is 41.4. The van der Waals surface area contributed by atoms with Gasteiger partial charge in [0.1, 0.15) is 11.0 Å². The number of para-hydroxylation sites is 2. The molecule has 0 amide bonds. The Kier molecular flexibility index (Phi) is 7.74. The predicted octanol–water partition coefficient (Wildman–Crippen LogP) is 13.4. The van der Waals surface area contributed by atoms with Crippen LogP contribution >= 0.6 is 0 Å². The van der Waals surface area contributed by atoms with E-state index >= 15 is 0 Å². The van der Waals surface area contributed by atoms with Crippen LogP contribution < -0.4 is 0 Å². The van der Waals surface area contributed by atoms with E-state index in [-0.39, 0.29) is 0 Å².